The molecule has 1 aliphatic rings. The van der Waals surface area contributed by atoms with Crippen molar-refractivity contribution >= 4 is 0 Å². The molecule has 7 heteroatoms. The second-order valence-corrected chi connectivity index (χ2v) is 6.79. The van der Waals surface area contributed by atoms with Gasteiger partial charge in [-0.25, -0.2) is 0 Å². The second kappa shape index (κ2) is 7.17. The quantitative estimate of drug-likeness (QED) is 0.715. The van der Waals surface area contributed by atoms with Crippen LogP contribution in [0.25, 0.3) is 0 Å². The number of pyridine rings is 2. The van der Waals surface area contributed by atoms with E-state index in [1.165, 1.54) is 12.1 Å². The molecule has 0 bridgehead atoms. The summed E-state index contributed by atoms with van der Waals surface area (Å²) in [7, 11) is 0. The fraction of sp³-hybridized carbons (Fsp3) is 0.136. The van der Waals surface area contributed by atoms with Gasteiger partial charge < -0.3 is 20.1 Å². The van der Waals surface area contributed by atoms with E-state index in [4.69, 9.17) is 10.5 Å². The van der Waals surface area contributed by atoms with Crippen LogP contribution in [-0.4, -0.2) is 14.7 Å². The van der Waals surface area contributed by atoms with Gasteiger partial charge in [-0.3, -0.25) is 9.78 Å². The Balaban J connectivity index is 1.92. The summed E-state index contributed by atoms with van der Waals surface area (Å²) in [5, 5.41) is 19.3. The maximum atomic E-state index is 13.5. The van der Waals surface area contributed by atoms with Gasteiger partial charge in [-0.05, 0) is 36.8 Å². The SMILES string of the molecule is Cc1cc2c(c(=O)n1Cc1ccccn1)[C@@H](c1ccc(O)cc1)C(C#N)=C(N)O2. The first-order valence-electron chi connectivity index (χ1n) is 9.00. The van der Waals surface area contributed by atoms with Crippen LogP contribution in [0, 0.1) is 18.3 Å². The average Bonchev–Trinajstić information content (AvgIpc) is 2.71. The van der Waals surface area contributed by atoms with Gasteiger partial charge >= 0.3 is 0 Å². The lowest BCUT2D eigenvalue weighted by atomic mass is 9.84. The van der Waals surface area contributed by atoms with E-state index in [1.54, 1.807) is 29.0 Å². The predicted molar refractivity (Wildman–Crippen MR) is 106 cm³/mol. The molecule has 2 aromatic heterocycles. The molecule has 3 aromatic rings. The minimum atomic E-state index is -0.688. The fourth-order valence-electron chi connectivity index (χ4n) is 3.54. The first-order chi connectivity index (χ1) is 14.0. The Bertz CT molecular complexity index is 1210. The Hall–Kier alpha value is -4.05. The van der Waals surface area contributed by atoms with E-state index in [0.717, 1.165) is 5.69 Å². The van der Waals surface area contributed by atoms with Crippen LogP contribution in [0.4, 0.5) is 0 Å². The Labute approximate surface area is 166 Å². The zero-order valence-electron chi connectivity index (χ0n) is 15.7. The van der Waals surface area contributed by atoms with Crippen molar-refractivity contribution in [3.8, 4) is 17.6 Å². The van der Waals surface area contributed by atoms with Crippen LogP contribution in [0.2, 0.25) is 0 Å². The number of ether oxygens (including phenoxy) is 1. The highest BCUT2D eigenvalue weighted by Crippen LogP contribution is 2.40. The van der Waals surface area contributed by atoms with Crippen molar-refractivity contribution in [1.82, 2.24) is 9.55 Å². The number of aromatic nitrogens is 2. The number of nitrogens with zero attached hydrogens (tertiary/aromatic N) is 3. The molecule has 144 valence electrons. The van der Waals surface area contributed by atoms with Gasteiger partial charge in [0.05, 0.1) is 23.7 Å². The van der Waals surface area contributed by atoms with E-state index in [9.17, 15) is 15.2 Å². The predicted octanol–water partition coefficient (Wildman–Crippen LogP) is 2.52. The Kier molecular flexibility index (Phi) is 4.53. The summed E-state index contributed by atoms with van der Waals surface area (Å²) in [4.78, 5) is 17.8. The van der Waals surface area contributed by atoms with Crippen molar-refractivity contribution in [1.29, 1.82) is 5.26 Å². The van der Waals surface area contributed by atoms with E-state index >= 15 is 0 Å². The van der Waals surface area contributed by atoms with Gasteiger partial charge in [0.25, 0.3) is 5.56 Å². The van der Waals surface area contributed by atoms with Crippen molar-refractivity contribution < 1.29 is 9.84 Å². The summed E-state index contributed by atoms with van der Waals surface area (Å²) in [6.07, 6.45) is 1.67. The summed E-state index contributed by atoms with van der Waals surface area (Å²) in [6, 6.07) is 15.7. The molecule has 3 N–H and O–H groups in total. The van der Waals surface area contributed by atoms with Crippen LogP contribution >= 0.6 is 0 Å². The zero-order valence-corrected chi connectivity index (χ0v) is 15.7. The highest BCUT2D eigenvalue weighted by molar-refractivity contribution is 5.55. The molecular formula is C22H18N4O3. The van der Waals surface area contributed by atoms with Crippen molar-refractivity contribution in [3.63, 3.8) is 0 Å². The molecule has 0 fully saturated rings. The van der Waals surface area contributed by atoms with Crippen molar-refractivity contribution in [3.05, 3.63) is 99.1 Å². The molecular weight excluding hydrogens is 368 g/mol. The largest absolute Gasteiger partial charge is 0.508 e. The van der Waals surface area contributed by atoms with Gasteiger partial charge in [0, 0.05) is 18.0 Å². The lowest BCUT2D eigenvalue weighted by Gasteiger charge is -2.27. The molecule has 0 radical (unpaired) electrons. The number of phenols is 1. The van der Waals surface area contributed by atoms with Gasteiger partial charge in [0.2, 0.25) is 5.88 Å². The molecule has 0 aliphatic carbocycles. The zero-order chi connectivity index (χ0) is 20.5. The number of fused-ring (bicyclic) bond motifs is 1. The monoisotopic (exact) mass is 386 g/mol. The molecule has 3 heterocycles. The summed E-state index contributed by atoms with van der Waals surface area (Å²) in [6.45, 7) is 2.10. The third-order valence-corrected chi connectivity index (χ3v) is 4.96. The number of hydrogen-bond acceptors (Lipinski definition) is 6. The highest BCUT2D eigenvalue weighted by atomic mass is 16.5. The summed E-state index contributed by atoms with van der Waals surface area (Å²) in [5.41, 5.74) is 8.31. The molecule has 0 spiro atoms. The summed E-state index contributed by atoms with van der Waals surface area (Å²) in [5.74, 6) is -0.293. The van der Waals surface area contributed by atoms with Gasteiger partial charge in [-0.15, -0.1) is 0 Å². The number of aromatic hydroxyl groups is 1. The third-order valence-electron chi connectivity index (χ3n) is 4.96. The number of phenolic OH excluding ortho intramolecular Hbond substituents is 1. The van der Waals surface area contributed by atoms with E-state index in [1.807, 2.05) is 25.1 Å². The topological polar surface area (TPSA) is 114 Å². The number of rotatable bonds is 3. The first kappa shape index (κ1) is 18.3. The molecule has 1 atom stereocenters. The van der Waals surface area contributed by atoms with Crippen molar-refractivity contribution in [2.45, 2.75) is 19.4 Å². The maximum Gasteiger partial charge on any atom is 0.259 e. The number of hydrogen-bond donors (Lipinski definition) is 2. The van der Waals surface area contributed by atoms with Gasteiger partial charge in [-0.2, -0.15) is 5.26 Å². The normalized spacial score (nSPS) is 15.4. The van der Waals surface area contributed by atoms with Crippen molar-refractivity contribution in [2.75, 3.05) is 0 Å². The summed E-state index contributed by atoms with van der Waals surface area (Å²) >= 11 is 0. The van der Waals surface area contributed by atoms with Crippen LogP contribution in [0.15, 0.2) is 71.0 Å². The third kappa shape index (κ3) is 3.21. The molecule has 0 saturated heterocycles. The highest BCUT2D eigenvalue weighted by Gasteiger charge is 2.34. The Morgan fingerprint density at radius 3 is 2.69 bits per heavy atom. The molecule has 29 heavy (non-hydrogen) atoms. The molecule has 1 aliphatic heterocycles. The van der Waals surface area contributed by atoms with Gasteiger partial charge in [0.1, 0.15) is 23.1 Å². The fourth-order valence-corrected chi connectivity index (χ4v) is 3.54. The van der Waals surface area contributed by atoms with E-state index in [2.05, 4.69) is 11.1 Å². The Morgan fingerprint density at radius 1 is 1.28 bits per heavy atom. The van der Waals surface area contributed by atoms with Gasteiger partial charge in [-0.1, -0.05) is 18.2 Å². The molecule has 0 saturated carbocycles. The number of nitrogens with two attached hydrogens (primary N) is 1. The maximum absolute atomic E-state index is 13.5. The molecule has 1 aromatic carbocycles. The van der Waals surface area contributed by atoms with Crippen LogP contribution < -0.4 is 16.0 Å². The smallest absolute Gasteiger partial charge is 0.259 e. The summed E-state index contributed by atoms with van der Waals surface area (Å²) < 4.78 is 7.24. The van der Waals surface area contributed by atoms with E-state index < -0.39 is 5.92 Å². The Morgan fingerprint density at radius 2 is 2.03 bits per heavy atom. The minimum Gasteiger partial charge on any atom is -0.508 e. The molecule has 4 rings (SSSR count). The lowest BCUT2D eigenvalue weighted by molar-refractivity contribution is 0.389. The number of aryl methyl sites for hydroxylation is 1. The molecule has 7 nitrogen and oxygen atoms in total. The number of allylic oxidation sites excluding steroid dienone is 1. The van der Waals surface area contributed by atoms with E-state index in [0.29, 0.717) is 29.1 Å². The molecule has 0 amide bonds. The molecule has 0 unspecified atom stereocenters. The van der Waals surface area contributed by atoms with Crippen LogP contribution in [0.1, 0.15) is 28.4 Å². The second-order valence-electron chi connectivity index (χ2n) is 6.79. The standard InChI is InChI=1S/C22H18N4O3/c1-13-10-18-20(22(28)26(13)12-15-4-2-3-9-25-15)19(17(11-23)21(24)29-18)14-5-7-16(27)8-6-14/h2-10,19,27H,12,24H2,1H3/t19-/m0/s1. The number of nitriles is 1. The number of benzene rings is 1. The lowest BCUT2D eigenvalue weighted by Crippen LogP contribution is -2.33. The van der Waals surface area contributed by atoms with Gasteiger partial charge in [0.15, 0.2) is 0 Å². The van der Waals surface area contributed by atoms with Crippen LogP contribution in [0.3, 0.4) is 0 Å². The van der Waals surface area contributed by atoms with Crippen molar-refractivity contribution in [2.24, 2.45) is 5.73 Å². The average molecular weight is 386 g/mol. The minimum absolute atomic E-state index is 0.0284. The first-order valence-corrected chi connectivity index (χ1v) is 9.00. The van der Waals surface area contributed by atoms with Crippen LogP contribution in [-0.2, 0) is 6.54 Å². The van der Waals surface area contributed by atoms with E-state index in [-0.39, 0.29) is 22.8 Å². The van der Waals surface area contributed by atoms with Crippen LogP contribution in [0.5, 0.6) is 11.5 Å².